The first-order valence-corrected chi connectivity index (χ1v) is 8.74. The Hall–Kier alpha value is -1.39. The van der Waals surface area contributed by atoms with Gasteiger partial charge in [0, 0.05) is 13.7 Å². The number of rotatable bonds is 5. The van der Waals surface area contributed by atoms with Crippen LogP contribution in [0, 0.1) is 0 Å². The van der Waals surface area contributed by atoms with E-state index in [9.17, 15) is 4.79 Å². The summed E-state index contributed by atoms with van der Waals surface area (Å²) in [5, 5.41) is 0. The van der Waals surface area contributed by atoms with E-state index in [0.29, 0.717) is 6.61 Å². The van der Waals surface area contributed by atoms with Crippen molar-refractivity contribution in [1.82, 2.24) is 4.90 Å². The zero-order valence-electron chi connectivity index (χ0n) is 14.2. The molecule has 1 aliphatic carbocycles. The molecular formula is C19H27NO3. The number of hydrogen-bond donors (Lipinski definition) is 0. The summed E-state index contributed by atoms with van der Waals surface area (Å²) in [5.41, 5.74) is 2.65. The maximum absolute atomic E-state index is 12.7. The van der Waals surface area contributed by atoms with Crippen LogP contribution < -0.4 is 0 Å². The molecule has 0 radical (unpaired) electrons. The predicted octanol–water partition coefficient (Wildman–Crippen LogP) is 3.11. The van der Waals surface area contributed by atoms with E-state index in [2.05, 4.69) is 24.3 Å². The van der Waals surface area contributed by atoms with Crippen molar-refractivity contribution in [2.24, 2.45) is 0 Å². The number of aryl methyl sites for hydroxylation is 1. The van der Waals surface area contributed by atoms with Gasteiger partial charge in [-0.15, -0.1) is 0 Å². The first kappa shape index (κ1) is 16.5. The third-order valence-corrected chi connectivity index (χ3v) is 5.07. The highest BCUT2D eigenvalue weighted by atomic mass is 16.5. The van der Waals surface area contributed by atoms with Crippen molar-refractivity contribution in [3.05, 3.63) is 35.4 Å². The molecule has 1 heterocycles. The number of amides is 1. The first-order chi connectivity index (χ1) is 11.2. The number of ether oxygens (including phenoxy) is 2. The molecular weight excluding hydrogens is 290 g/mol. The van der Waals surface area contributed by atoms with Crippen LogP contribution in [0.2, 0.25) is 0 Å². The standard InChI is InChI=1S/C19H27NO3/c1-14(23-13-16-8-5-6-12-22-16)19(21)20(2)18-11-10-15-7-3-4-9-17(15)18/h3-4,7,9,14,16,18H,5-6,8,10-13H2,1-2H3/t14-,16+,18-/m0/s1. The topological polar surface area (TPSA) is 38.8 Å². The van der Waals surface area contributed by atoms with Gasteiger partial charge in [0.1, 0.15) is 6.10 Å². The lowest BCUT2D eigenvalue weighted by Gasteiger charge is -2.29. The van der Waals surface area contributed by atoms with Crippen LogP contribution in [0.25, 0.3) is 0 Å². The summed E-state index contributed by atoms with van der Waals surface area (Å²) >= 11 is 0. The van der Waals surface area contributed by atoms with Crippen LogP contribution in [0.1, 0.15) is 49.8 Å². The van der Waals surface area contributed by atoms with Gasteiger partial charge < -0.3 is 14.4 Å². The van der Waals surface area contributed by atoms with E-state index in [4.69, 9.17) is 9.47 Å². The highest BCUT2D eigenvalue weighted by Gasteiger charge is 2.31. The lowest BCUT2D eigenvalue weighted by atomic mass is 10.1. The quantitative estimate of drug-likeness (QED) is 0.837. The average molecular weight is 317 g/mol. The minimum absolute atomic E-state index is 0.0579. The summed E-state index contributed by atoms with van der Waals surface area (Å²) in [4.78, 5) is 14.5. The van der Waals surface area contributed by atoms with E-state index in [-0.39, 0.29) is 18.1 Å². The van der Waals surface area contributed by atoms with Gasteiger partial charge >= 0.3 is 0 Å². The number of carbonyl (C=O) groups excluding carboxylic acids is 1. The average Bonchev–Trinajstić information content (AvgIpc) is 3.03. The van der Waals surface area contributed by atoms with Gasteiger partial charge in [-0.3, -0.25) is 4.79 Å². The second-order valence-corrected chi connectivity index (χ2v) is 6.67. The molecule has 1 saturated heterocycles. The lowest BCUT2D eigenvalue weighted by molar-refractivity contribution is -0.147. The van der Waals surface area contributed by atoms with Crippen LogP contribution in [-0.4, -0.2) is 43.3 Å². The largest absolute Gasteiger partial charge is 0.376 e. The van der Waals surface area contributed by atoms with E-state index in [0.717, 1.165) is 32.3 Å². The van der Waals surface area contributed by atoms with E-state index >= 15 is 0 Å². The molecule has 0 aromatic heterocycles. The molecule has 126 valence electrons. The number of nitrogens with zero attached hydrogens (tertiary/aromatic N) is 1. The molecule has 1 amide bonds. The Bertz CT molecular complexity index is 539. The van der Waals surface area contributed by atoms with Gasteiger partial charge in [0.05, 0.1) is 18.8 Å². The number of likely N-dealkylation sites (N-methyl/N-ethyl adjacent to an activating group) is 1. The minimum atomic E-state index is -0.418. The molecule has 0 N–H and O–H groups in total. The number of benzene rings is 1. The molecule has 1 aliphatic heterocycles. The van der Waals surface area contributed by atoms with Crippen molar-refractivity contribution >= 4 is 5.91 Å². The van der Waals surface area contributed by atoms with Gasteiger partial charge in [0.2, 0.25) is 0 Å². The third kappa shape index (κ3) is 3.75. The highest BCUT2D eigenvalue weighted by Crippen LogP contribution is 2.35. The predicted molar refractivity (Wildman–Crippen MR) is 89.3 cm³/mol. The van der Waals surface area contributed by atoms with Crippen molar-refractivity contribution in [2.45, 2.75) is 57.3 Å². The number of fused-ring (bicyclic) bond motifs is 1. The fraction of sp³-hybridized carbons (Fsp3) is 0.632. The van der Waals surface area contributed by atoms with Crippen LogP contribution in [-0.2, 0) is 20.7 Å². The van der Waals surface area contributed by atoms with Crippen LogP contribution in [0.5, 0.6) is 0 Å². The number of carbonyl (C=O) groups is 1. The zero-order chi connectivity index (χ0) is 16.2. The fourth-order valence-electron chi connectivity index (χ4n) is 3.64. The van der Waals surface area contributed by atoms with Gasteiger partial charge in [0.25, 0.3) is 5.91 Å². The van der Waals surface area contributed by atoms with Crippen molar-refractivity contribution in [1.29, 1.82) is 0 Å². The molecule has 2 aliphatic rings. The van der Waals surface area contributed by atoms with Crippen LogP contribution in [0.3, 0.4) is 0 Å². The highest BCUT2D eigenvalue weighted by molar-refractivity contribution is 5.81. The first-order valence-electron chi connectivity index (χ1n) is 8.74. The zero-order valence-corrected chi connectivity index (χ0v) is 14.2. The molecule has 1 aromatic rings. The summed E-state index contributed by atoms with van der Waals surface area (Å²) < 4.78 is 11.5. The Morgan fingerprint density at radius 1 is 1.35 bits per heavy atom. The second-order valence-electron chi connectivity index (χ2n) is 6.67. The van der Waals surface area contributed by atoms with Gasteiger partial charge in [-0.1, -0.05) is 24.3 Å². The van der Waals surface area contributed by atoms with Gasteiger partial charge in [0.15, 0.2) is 0 Å². The fourth-order valence-corrected chi connectivity index (χ4v) is 3.64. The van der Waals surface area contributed by atoms with Crippen molar-refractivity contribution in [2.75, 3.05) is 20.3 Å². The molecule has 0 bridgehead atoms. The van der Waals surface area contributed by atoms with Crippen molar-refractivity contribution in [3.63, 3.8) is 0 Å². The molecule has 0 saturated carbocycles. The van der Waals surface area contributed by atoms with E-state index < -0.39 is 6.10 Å². The van der Waals surface area contributed by atoms with E-state index in [1.807, 2.05) is 18.9 Å². The normalized spacial score (nSPS) is 25.0. The van der Waals surface area contributed by atoms with Crippen molar-refractivity contribution in [3.8, 4) is 0 Å². The summed E-state index contributed by atoms with van der Waals surface area (Å²) in [7, 11) is 1.89. The maximum Gasteiger partial charge on any atom is 0.251 e. The van der Waals surface area contributed by atoms with Crippen LogP contribution in [0.15, 0.2) is 24.3 Å². The molecule has 0 unspecified atom stereocenters. The van der Waals surface area contributed by atoms with E-state index in [1.165, 1.54) is 17.5 Å². The summed E-state index contributed by atoms with van der Waals surface area (Å²) in [6.45, 7) is 3.18. The van der Waals surface area contributed by atoms with Gasteiger partial charge in [-0.05, 0) is 50.2 Å². The molecule has 1 fully saturated rings. The Morgan fingerprint density at radius 3 is 2.96 bits per heavy atom. The Balaban J connectivity index is 1.54. The molecule has 1 aromatic carbocycles. The molecule has 0 spiro atoms. The van der Waals surface area contributed by atoms with Gasteiger partial charge in [-0.25, -0.2) is 0 Å². The van der Waals surface area contributed by atoms with E-state index in [1.54, 1.807) is 0 Å². The summed E-state index contributed by atoms with van der Waals surface area (Å²) in [6.07, 6.45) is 5.13. The number of hydrogen-bond acceptors (Lipinski definition) is 3. The minimum Gasteiger partial charge on any atom is -0.376 e. The third-order valence-electron chi connectivity index (χ3n) is 5.07. The van der Waals surface area contributed by atoms with Crippen LogP contribution in [0.4, 0.5) is 0 Å². The SMILES string of the molecule is C[C@H](OC[C@H]1CCCCO1)C(=O)N(C)[C@H]1CCc2ccccc21. The summed E-state index contributed by atoms with van der Waals surface area (Å²) in [5.74, 6) is 0.0579. The Morgan fingerprint density at radius 2 is 2.17 bits per heavy atom. The summed E-state index contributed by atoms with van der Waals surface area (Å²) in [6, 6.07) is 8.59. The molecule has 23 heavy (non-hydrogen) atoms. The molecule has 4 heteroatoms. The second kappa shape index (κ2) is 7.45. The van der Waals surface area contributed by atoms with Crippen molar-refractivity contribution < 1.29 is 14.3 Å². The molecule has 3 atom stereocenters. The van der Waals surface area contributed by atoms with Gasteiger partial charge in [-0.2, -0.15) is 0 Å². The maximum atomic E-state index is 12.7. The monoisotopic (exact) mass is 317 g/mol. The van der Waals surface area contributed by atoms with Crippen LogP contribution >= 0.6 is 0 Å². The Labute approximate surface area is 138 Å². The molecule has 3 rings (SSSR count). The smallest absolute Gasteiger partial charge is 0.251 e. The Kier molecular flexibility index (Phi) is 5.34. The lowest BCUT2D eigenvalue weighted by Crippen LogP contribution is -2.39. The molecule has 4 nitrogen and oxygen atoms in total.